The van der Waals surface area contributed by atoms with E-state index in [4.69, 9.17) is 11.5 Å². The van der Waals surface area contributed by atoms with Gasteiger partial charge in [0, 0.05) is 25.7 Å². The molecule has 2 aliphatic rings. The van der Waals surface area contributed by atoms with Crippen LogP contribution in [0.4, 0.5) is 0 Å². The molecule has 0 aromatic heterocycles. The quantitative estimate of drug-likeness (QED) is 0.637. The summed E-state index contributed by atoms with van der Waals surface area (Å²) in [5, 5.41) is 0. The number of likely N-dealkylation sites (N-methyl/N-ethyl adjacent to an activating group) is 1. The minimum Gasteiger partial charge on any atom is -0.369 e. The summed E-state index contributed by atoms with van der Waals surface area (Å²) in [6, 6.07) is -0.800. The third kappa shape index (κ3) is 2.62. The lowest BCUT2D eigenvalue weighted by atomic mass is 10.0. The van der Waals surface area contributed by atoms with Crippen molar-refractivity contribution in [2.24, 2.45) is 16.9 Å². The minimum atomic E-state index is -1.09. The van der Waals surface area contributed by atoms with Crippen LogP contribution in [0.15, 0.2) is 0 Å². The van der Waals surface area contributed by atoms with E-state index in [0.29, 0.717) is 38.9 Å². The summed E-state index contributed by atoms with van der Waals surface area (Å²) >= 11 is 0. The highest BCUT2D eigenvalue weighted by molar-refractivity contribution is 6.08. The molecule has 0 aromatic carbocycles. The summed E-state index contributed by atoms with van der Waals surface area (Å²) in [5.74, 6) is -1.02. The van der Waals surface area contributed by atoms with Crippen molar-refractivity contribution in [3.63, 3.8) is 0 Å². The molecule has 1 aliphatic heterocycles. The Morgan fingerprint density at radius 3 is 2.24 bits per heavy atom. The van der Waals surface area contributed by atoms with Gasteiger partial charge in [0.1, 0.15) is 11.5 Å². The van der Waals surface area contributed by atoms with Crippen molar-refractivity contribution in [3.8, 4) is 0 Å². The predicted octanol–water partition coefficient (Wildman–Crippen LogP) is -0.951. The average molecular weight is 296 g/mol. The van der Waals surface area contributed by atoms with Gasteiger partial charge in [0.25, 0.3) is 0 Å². The maximum atomic E-state index is 12.6. The molecule has 0 bridgehead atoms. The molecule has 21 heavy (non-hydrogen) atoms. The van der Waals surface area contributed by atoms with Gasteiger partial charge in [-0.15, -0.1) is 0 Å². The van der Waals surface area contributed by atoms with Crippen molar-refractivity contribution in [2.45, 2.75) is 45.2 Å². The highest BCUT2D eigenvalue weighted by atomic mass is 16.2. The Morgan fingerprint density at radius 1 is 1.24 bits per heavy atom. The highest BCUT2D eigenvalue weighted by Gasteiger charge is 2.59. The van der Waals surface area contributed by atoms with Crippen molar-refractivity contribution in [1.29, 1.82) is 0 Å². The summed E-state index contributed by atoms with van der Waals surface area (Å²) in [4.78, 5) is 39.9. The molecule has 7 heteroatoms. The topological polar surface area (TPSA) is 110 Å². The number of nitrogens with zero attached hydrogens (tertiary/aromatic N) is 2. The van der Waals surface area contributed by atoms with Crippen LogP contribution in [0, 0.1) is 5.41 Å². The molecular weight excluding hydrogens is 272 g/mol. The molecule has 1 saturated heterocycles. The van der Waals surface area contributed by atoms with E-state index in [9.17, 15) is 14.4 Å². The van der Waals surface area contributed by atoms with Crippen molar-refractivity contribution in [2.75, 3.05) is 19.6 Å². The Bertz CT molecular complexity index is 457. The van der Waals surface area contributed by atoms with Crippen LogP contribution in [-0.4, -0.2) is 59.2 Å². The van der Waals surface area contributed by atoms with Gasteiger partial charge in [-0.2, -0.15) is 0 Å². The van der Waals surface area contributed by atoms with Gasteiger partial charge in [-0.3, -0.25) is 14.4 Å². The number of primary amides is 1. The van der Waals surface area contributed by atoms with Gasteiger partial charge in [-0.05, 0) is 33.1 Å². The molecule has 1 saturated carbocycles. The fraction of sp³-hybridized carbons (Fsp3) is 0.786. The second-order valence-electron chi connectivity index (χ2n) is 5.93. The van der Waals surface area contributed by atoms with Gasteiger partial charge >= 0.3 is 0 Å². The number of carbonyl (C=O) groups excluding carboxylic acids is 3. The van der Waals surface area contributed by atoms with E-state index in [1.165, 1.54) is 4.90 Å². The first-order chi connectivity index (χ1) is 9.87. The van der Waals surface area contributed by atoms with Crippen LogP contribution < -0.4 is 11.5 Å². The second-order valence-corrected chi connectivity index (χ2v) is 5.93. The number of likely N-dealkylation sites (tertiary alicyclic amines) is 1. The van der Waals surface area contributed by atoms with Gasteiger partial charge in [0.2, 0.25) is 17.7 Å². The van der Waals surface area contributed by atoms with Gasteiger partial charge in [-0.1, -0.05) is 0 Å². The van der Waals surface area contributed by atoms with Crippen LogP contribution in [0.5, 0.6) is 0 Å². The molecule has 1 aliphatic carbocycles. The monoisotopic (exact) mass is 296 g/mol. The third-order valence-corrected chi connectivity index (χ3v) is 4.59. The van der Waals surface area contributed by atoms with E-state index < -0.39 is 17.4 Å². The molecule has 0 aromatic rings. The zero-order valence-electron chi connectivity index (χ0n) is 12.7. The fourth-order valence-electron chi connectivity index (χ4n) is 3.04. The molecule has 118 valence electrons. The van der Waals surface area contributed by atoms with E-state index >= 15 is 0 Å². The zero-order chi connectivity index (χ0) is 15.8. The highest BCUT2D eigenvalue weighted by Crippen LogP contribution is 2.48. The number of carbonyl (C=O) groups is 3. The van der Waals surface area contributed by atoms with Gasteiger partial charge in [-0.25, -0.2) is 0 Å². The van der Waals surface area contributed by atoms with Gasteiger partial charge in [0.05, 0.1) is 0 Å². The van der Waals surface area contributed by atoms with Crippen LogP contribution in [-0.2, 0) is 14.4 Å². The van der Waals surface area contributed by atoms with Crippen LogP contribution in [0.3, 0.4) is 0 Å². The fourth-order valence-corrected chi connectivity index (χ4v) is 3.04. The molecule has 7 nitrogen and oxygen atoms in total. The zero-order valence-corrected chi connectivity index (χ0v) is 12.7. The number of hydrogen-bond donors (Lipinski definition) is 2. The number of amides is 3. The number of hydrogen-bond acceptors (Lipinski definition) is 4. The van der Waals surface area contributed by atoms with E-state index in [2.05, 4.69) is 0 Å². The SMILES string of the molecule is CCN(CC)C(=O)[C@@H]1C[C@H](N)CN1C(=O)C1(C(N)=O)CC1. The molecule has 0 radical (unpaired) electrons. The van der Waals surface area contributed by atoms with Gasteiger partial charge in [0.15, 0.2) is 0 Å². The molecule has 2 atom stereocenters. The maximum Gasteiger partial charge on any atom is 0.245 e. The van der Waals surface area contributed by atoms with Crippen molar-refractivity contribution in [3.05, 3.63) is 0 Å². The molecule has 3 amide bonds. The van der Waals surface area contributed by atoms with Crippen LogP contribution in [0.25, 0.3) is 0 Å². The average Bonchev–Trinajstić information content (AvgIpc) is 3.17. The molecule has 2 rings (SSSR count). The Labute approximate surface area is 124 Å². The second kappa shape index (κ2) is 5.63. The van der Waals surface area contributed by atoms with Crippen molar-refractivity contribution in [1.82, 2.24) is 9.80 Å². The Morgan fingerprint density at radius 2 is 1.81 bits per heavy atom. The molecule has 2 fully saturated rings. The van der Waals surface area contributed by atoms with Crippen LogP contribution >= 0.6 is 0 Å². The first kappa shape index (κ1) is 15.8. The van der Waals surface area contributed by atoms with E-state index in [1.807, 2.05) is 13.8 Å². The lowest BCUT2D eigenvalue weighted by Gasteiger charge is -2.30. The smallest absolute Gasteiger partial charge is 0.245 e. The first-order valence-corrected chi connectivity index (χ1v) is 7.52. The maximum absolute atomic E-state index is 12.6. The third-order valence-electron chi connectivity index (χ3n) is 4.59. The van der Waals surface area contributed by atoms with E-state index in [1.54, 1.807) is 4.90 Å². The Kier molecular flexibility index (Phi) is 4.22. The Balaban J connectivity index is 2.19. The molecule has 0 spiro atoms. The standard InChI is InChI=1S/C14H24N4O3/c1-3-17(4-2)11(19)10-7-9(15)8-18(10)13(21)14(5-6-14)12(16)20/h9-10H,3-8,15H2,1-2H3,(H2,16,20)/t9-,10-/m0/s1. The largest absolute Gasteiger partial charge is 0.369 e. The minimum absolute atomic E-state index is 0.0958. The molecule has 0 unspecified atom stereocenters. The summed E-state index contributed by atoms with van der Waals surface area (Å²) < 4.78 is 0. The summed E-state index contributed by atoms with van der Waals surface area (Å²) in [7, 11) is 0. The van der Waals surface area contributed by atoms with Crippen molar-refractivity contribution < 1.29 is 14.4 Å². The number of nitrogens with two attached hydrogens (primary N) is 2. The summed E-state index contributed by atoms with van der Waals surface area (Å²) in [5.41, 5.74) is 10.2. The van der Waals surface area contributed by atoms with Crippen LogP contribution in [0.1, 0.15) is 33.1 Å². The first-order valence-electron chi connectivity index (χ1n) is 7.52. The predicted molar refractivity (Wildman–Crippen MR) is 76.9 cm³/mol. The van der Waals surface area contributed by atoms with E-state index in [0.717, 1.165) is 0 Å². The normalized spacial score (nSPS) is 26.5. The summed E-state index contributed by atoms with van der Waals surface area (Å²) in [6.07, 6.45) is 1.38. The molecule has 4 N–H and O–H groups in total. The molecular formula is C14H24N4O3. The van der Waals surface area contributed by atoms with Crippen molar-refractivity contribution >= 4 is 17.7 Å². The van der Waals surface area contributed by atoms with E-state index in [-0.39, 0.29) is 17.9 Å². The lowest BCUT2D eigenvalue weighted by Crippen LogP contribution is -2.51. The Hall–Kier alpha value is -1.63. The lowest BCUT2D eigenvalue weighted by molar-refractivity contribution is -0.149. The molecule has 1 heterocycles. The van der Waals surface area contributed by atoms with Gasteiger partial charge < -0.3 is 21.3 Å². The number of rotatable bonds is 5. The van der Waals surface area contributed by atoms with Crippen LogP contribution in [0.2, 0.25) is 0 Å². The summed E-state index contributed by atoms with van der Waals surface area (Å²) in [6.45, 7) is 5.28.